The minimum atomic E-state index is -2.23. The number of para-hydroxylation sites is 1. The molecule has 1 fully saturated rings. The maximum atomic E-state index is 13.0. The van der Waals surface area contributed by atoms with Crippen LogP contribution < -0.4 is 4.90 Å². The zero-order chi connectivity index (χ0) is 19.1. The molecule has 0 aromatic heterocycles. The summed E-state index contributed by atoms with van der Waals surface area (Å²) in [6.45, 7) is 10.6. The van der Waals surface area contributed by atoms with Crippen LogP contribution in [0.5, 0.6) is 0 Å². The second-order valence-corrected chi connectivity index (χ2v) is 10.6. The van der Waals surface area contributed by atoms with Crippen molar-refractivity contribution in [2.75, 3.05) is 12.0 Å². The lowest BCUT2D eigenvalue weighted by molar-refractivity contribution is -0.113. The number of hydrogen-bond acceptors (Lipinski definition) is 3. The normalized spacial score (nSPS) is 23.2. The fourth-order valence-corrected chi connectivity index (χ4v) is 6.54. The van der Waals surface area contributed by atoms with Gasteiger partial charge in [-0.3, -0.25) is 9.69 Å². The number of hydrogen-bond donors (Lipinski definition) is 0. The fourth-order valence-electron chi connectivity index (χ4n) is 3.02. The second-order valence-electron chi connectivity index (χ2n) is 7.16. The van der Waals surface area contributed by atoms with Gasteiger partial charge in [0.1, 0.15) is 0 Å². The van der Waals surface area contributed by atoms with Gasteiger partial charge in [0.05, 0.1) is 10.6 Å². The largest absolute Gasteiger partial charge is 0.325 e. The topological polar surface area (TPSA) is 29.5 Å². The number of amides is 1. The number of benzene rings is 2. The lowest BCUT2D eigenvalue weighted by atomic mass is 9.87. The Kier molecular flexibility index (Phi) is 4.82. The van der Waals surface area contributed by atoms with Crippen molar-refractivity contribution in [3.8, 4) is 0 Å². The summed E-state index contributed by atoms with van der Waals surface area (Å²) in [5.74, 6) is -0.196. The minimum absolute atomic E-state index is 0.0488. The highest BCUT2D eigenvalue weighted by Crippen LogP contribution is 2.68. The van der Waals surface area contributed by atoms with E-state index >= 15 is 0 Å². The first-order chi connectivity index (χ1) is 12.2. The number of anilines is 1. The molecule has 0 spiro atoms. The van der Waals surface area contributed by atoms with Gasteiger partial charge in [-0.05, 0) is 45.6 Å². The summed E-state index contributed by atoms with van der Waals surface area (Å²) >= 11 is 5.75. The van der Waals surface area contributed by atoms with Crippen molar-refractivity contribution in [2.45, 2.75) is 31.1 Å². The molecule has 1 saturated heterocycles. The predicted molar refractivity (Wildman–Crippen MR) is 114 cm³/mol. The van der Waals surface area contributed by atoms with Crippen LogP contribution in [0.4, 0.5) is 5.69 Å². The average Bonchev–Trinajstić information content (AvgIpc) is 2.82. The van der Waals surface area contributed by atoms with E-state index in [1.165, 1.54) is 5.56 Å². The smallest absolute Gasteiger partial charge is 0.271 e. The van der Waals surface area contributed by atoms with Crippen molar-refractivity contribution in [1.82, 2.24) is 0 Å². The van der Waals surface area contributed by atoms with Gasteiger partial charge in [0.15, 0.2) is 4.32 Å². The highest BCUT2D eigenvalue weighted by Gasteiger charge is 2.50. The second kappa shape index (κ2) is 6.65. The third-order valence-electron chi connectivity index (χ3n) is 4.53. The molecule has 0 saturated carbocycles. The molecule has 1 aliphatic heterocycles. The Morgan fingerprint density at radius 3 is 2.12 bits per heavy atom. The number of thiocarbonyl (C=S) groups is 1. The van der Waals surface area contributed by atoms with Gasteiger partial charge in [-0.25, -0.2) is 0 Å². The molecule has 0 N–H and O–H groups in total. The summed E-state index contributed by atoms with van der Waals surface area (Å²) in [5, 5.41) is 0. The fraction of sp³-hybridized carbons (Fsp3) is 0.238. The molecule has 1 atom stereocenters. The molecule has 2 aromatic carbocycles. The van der Waals surface area contributed by atoms with Crippen LogP contribution in [0.2, 0.25) is 0 Å². The van der Waals surface area contributed by atoms with Gasteiger partial charge in [-0.15, -0.1) is 0 Å². The monoisotopic (exact) mass is 385 g/mol. The zero-order valence-corrected chi connectivity index (χ0v) is 17.1. The molecule has 26 heavy (non-hydrogen) atoms. The first kappa shape index (κ1) is 18.8. The Morgan fingerprint density at radius 2 is 1.62 bits per heavy atom. The summed E-state index contributed by atoms with van der Waals surface area (Å²) in [6, 6.07) is 17.6. The molecule has 5 heteroatoms. The molecule has 3 nitrogen and oxygen atoms in total. The molecule has 1 aliphatic rings. The molecule has 0 aliphatic carbocycles. The Morgan fingerprint density at radius 1 is 1.04 bits per heavy atom. The van der Waals surface area contributed by atoms with Crippen LogP contribution >= 0.6 is 22.5 Å². The van der Waals surface area contributed by atoms with Crippen LogP contribution in [0.3, 0.4) is 0 Å². The van der Waals surface area contributed by atoms with Crippen molar-refractivity contribution >= 4 is 38.4 Å². The quantitative estimate of drug-likeness (QED) is 0.512. The van der Waals surface area contributed by atoms with Crippen LogP contribution in [-0.4, -0.2) is 17.3 Å². The molecule has 2 aromatic rings. The summed E-state index contributed by atoms with van der Waals surface area (Å²) in [7, 11) is -0.627. The van der Waals surface area contributed by atoms with Gasteiger partial charge in [-0.2, -0.15) is 0 Å². The van der Waals surface area contributed by atoms with E-state index in [4.69, 9.17) is 16.4 Å². The summed E-state index contributed by atoms with van der Waals surface area (Å²) < 4.78 is 6.41. The standard InChI is InChI=1S/C21H23NO2S2/c1-15-19(23)22(17-9-7-6-8-10-17)20(25)26(15,24-5)18-13-11-16(12-14-18)21(2,3)4/h6-14H,1H2,2-5H3. The average molecular weight is 386 g/mol. The number of carbonyl (C=O) groups is 1. The third-order valence-corrected chi connectivity index (χ3v) is 8.40. The van der Waals surface area contributed by atoms with Gasteiger partial charge < -0.3 is 4.18 Å². The van der Waals surface area contributed by atoms with Crippen LogP contribution in [0, 0.1) is 0 Å². The molecule has 1 unspecified atom stereocenters. The van der Waals surface area contributed by atoms with Crippen molar-refractivity contribution < 1.29 is 8.98 Å². The molecule has 1 amide bonds. The maximum Gasteiger partial charge on any atom is 0.271 e. The van der Waals surface area contributed by atoms with Crippen LogP contribution in [0.25, 0.3) is 0 Å². The van der Waals surface area contributed by atoms with E-state index < -0.39 is 10.3 Å². The third kappa shape index (κ3) is 2.80. The van der Waals surface area contributed by atoms with Crippen molar-refractivity contribution in [3.05, 3.63) is 71.6 Å². The summed E-state index contributed by atoms with van der Waals surface area (Å²) in [6.07, 6.45) is 0. The van der Waals surface area contributed by atoms with Crippen molar-refractivity contribution in [1.29, 1.82) is 0 Å². The Labute approximate surface area is 162 Å². The van der Waals surface area contributed by atoms with Crippen LogP contribution in [0.15, 0.2) is 71.0 Å². The van der Waals surface area contributed by atoms with Gasteiger partial charge in [0.25, 0.3) is 5.91 Å². The zero-order valence-electron chi connectivity index (χ0n) is 15.5. The molecule has 136 valence electrons. The Hall–Kier alpha value is -1.95. The lowest BCUT2D eigenvalue weighted by Gasteiger charge is -2.34. The summed E-state index contributed by atoms with van der Waals surface area (Å²) in [5.41, 5.74) is 2.00. The van der Waals surface area contributed by atoms with Gasteiger partial charge >= 0.3 is 0 Å². The van der Waals surface area contributed by atoms with E-state index in [-0.39, 0.29) is 11.3 Å². The molecular formula is C21H23NO2S2. The van der Waals surface area contributed by atoms with E-state index in [2.05, 4.69) is 39.5 Å². The predicted octanol–water partition coefficient (Wildman–Crippen LogP) is 5.55. The Balaban J connectivity index is 2.10. The van der Waals surface area contributed by atoms with Gasteiger partial charge in [0.2, 0.25) is 0 Å². The van der Waals surface area contributed by atoms with E-state index in [9.17, 15) is 4.79 Å². The van der Waals surface area contributed by atoms with Crippen LogP contribution in [-0.2, 0) is 14.4 Å². The van der Waals surface area contributed by atoms with Crippen molar-refractivity contribution in [3.63, 3.8) is 0 Å². The van der Waals surface area contributed by atoms with E-state index in [0.717, 1.165) is 10.6 Å². The molecular weight excluding hydrogens is 362 g/mol. The highest BCUT2D eigenvalue weighted by molar-refractivity contribution is 8.50. The molecule has 3 rings (SSSR count). The van der Waals surface area contributed by atoms with Crippen LogP contribution in [0.1, 0.15) is 26.3 Å². The molecule has 0 radical (unpaired) electrons. The van der Waals surface area contributed by atoms with Gasteiger partial charge in [-0.1, -0.05) is 69.9 Å². The SMILES string of the molecule is C=C1C(=O)N(c2ccccc2)C(=S)S1(OC)c1ccc(C(C)(C)C)cc1. The number of rotatable bonds is 3. The van der Waals surface area contributed by atoms with E-state index in [1.807, 2.05) is 42.5 Å². The Bertz CT molecular complexity index is 869. The number of nitrogens with zero attached hydrogens (tertiary/aromatic N) is 1. The first-order valence-corrected chi connectivity index (χ1v) is 10.3. The lowest BCUT2D eigenvalue weighted by Crippen LogP contribution is -2.28. The maximum absolute atomic E-state index is 13.0. The first-order valence-electron chi connectivity index (χ1n) is 8.35. The van der Waals surface area contributed by atoms with E-state index in [1.54, 1.807) is 12.0 Å². The van der Waals surface area contributed by atoms with E-state index in [0.29, 0.717) is 9.23 Å². The molecule has 1 heterocycles. The van der Waals surface area contributed by atoms with Crippen molar-refractivity contribution in [2.24, 2.45) is 0 Å². The highest BCUT2D eigenvalue weighted by atomic mass is 32.3. The number of carbonyl (C=O) groups excluding carboxylic acids is 1. The minimum Gasteiger partial charge on any atom is -0.325 e. The summed E-state index contributed by atoms with van der Waals surface area (Å²) in [4.78, 5) is 15.8. The molecule has 0 bridgehead atoms. The van der Waals surface area contributed by atoms with Gasteiger partial charge in [0, 0.05) is 12.0 Å².